The van der Waals surface area contributed by atoms with Gasteiger partial charge in [0.15, 0.2) is 41.8 Å². The number of anilines is 2. The number of phenols is 2. The third kappa shape index (κ3) is 19.5. The number of imidazole rings is 2. The van der Waals surface area contributed by atoms with E-state index in [1.807, 2.05) is 0 Å². The second kappa shape index (κ2) is 35.0. The van der Waals surface area contributed by atoms with Crippen LogP contribution in [-0.4, -0.2) is 191 Å². The molecule has 20 N–H and O–H groups in total. The summed E-state index contributed by atoms with van der Waals surface area (Å²) < 4.78 is 102. The standard InChI is InChI=1S/2C35H33N7O18P2/c1-41-14-42(29-26(41)31(47)40-34(36)39-29)32-27(45)28(24(58-32)13-56-62(54,55)60-61(51,52)53)59-35(50)38-9-8-37-30(46)15-2-5-18(33(48)49)21(10-15)25-19-6-3-16(43)11-22(19)57-23-12-17(44)4-7-20(23)25;1-41-14-42(29-26(41)31(47)40-34(36)39-29)32-28(27(45)24(58-32)13-56-62(54,55)60-61(51,52)53)59-35(50)38-9-8-37-30(46)15-2-5-18(33(48)49)21(10-15)25-19-6-3-16(43)11-22(19)57-23-12-17(44)4-7-20(23)25/h2*2-7,10-12,14,24,27-28,32,45H,8-9,13H2,1H3,(H9-,36,37,38,39,40,43,44,46,47,48,49,50,51,52,53,54,55)/t2*24-,27-,28-,32-/m11/s1. The number of phosphoric ester groups is 2. The van der Waals surface area contributed by atoms with Crippen LogP contribution in [0.15, 0.2) is 150 Å². The predicted molar refractivity (Wildman–Crippen MR) is 413 cm³/mol. The van der Waals surface area contributed by atoms with Gasteiger partial charge in [-0.25, -0.2) is 46.1 Å². The fourth-order valence-corrected chi connectivity index (χ4v) is 16.8. The summed E-state index contributed by atoms with van der Waals surface area (Å²) in [6.07, 6.45) is -13.4. The number of alkyl carbamates (subject to hydrolysis) is 2. The number of nitrogens with two attached hydrogens (primary N) is 2. The van der Waals surface area contributed by atoms with Gasteiger partial charge in [-0.15, -0.1) is 0 Å². The number of benzene rings is 6. The summed E-state index contributed by atoms with van der Waals surface area (Å²) in [4.78, 5) is 199. The van der Waals surface area contributed by atoms with Crippen LogP contribution in [0.3, 0.4) is 0 Å². The molecule has 2 aliphatic carbocycles. The molecule has 4 aromatic carbocycles. The Morgan fingerprint density at radius 3 is 1.35 bits per heavy atom. The number of aryl methyl sites for hydroxylation is 2. The molecular weight excluding hydrogens is 1740 g/mol. The molecule has 8 heterocycles. The van der Waals surface area contributed by atoms with Crippen molar-refractivity contribution in [2.45, 2.75) is 49.1 Å². The molecule has 8 aromatic rings. The van der Waals surface area contributed by atoms with E-state index >= 15 is 0 Å². The maximum absolute atomic E-state index is 13.4. The summed E-state index contributed by atoms with van der Waals surface area (Å²) in [5, 5.41) is 73.5. The number of nitrogens with one attached hydrogen (secondary N) is 6. The number of aromatic amines is 2. The molecule has 0 radical (unpaired) electrons. The molecule has 2 saturated heterocycles. The lowest BCUT2D eigenvalue weighted by Gasteiger charge is -2.23. The Balaban J connectivity index is 0.000000213. The number of aliphatic hydroxyl groups is 2. The highest BCUT2D eigenvalue weighted by Gasteiger charge is 2.53. The first-order valence-electron chi connectivity index (χ1n) is 35.6. The van der Waals surface area contributed by atoms with Crippen LogP contribution in [0.1, 0.15) is 53.9 Å². The number of aromatic hydroxyl groups is 2. The molecule has 0 bridgehead atoms. The molecule has 124 heavy (non-hydrogen) atoms. The van der Waals surface area contributed by atoms with Crippen molar-refractivity contribution in [3.05, 3.63) is 185 Å². The smallest absolute Gasteiger partial charge is 0.478 e. The number of amides is 4. The Labute approximate surface area is 688 Å². The summed E-state index contributed by atoms with van der Waals surface area (Å²) >= 11 is 0. The third-order valence-electron chi connectivity index (χ3n) is 18.7. The topological polar surface area (TPSA) is 763 Å². The number of H-pyrrole nitrogens is 2. The fourth-order valence-electron chi connectivity index (χ4n) is 13.7. The second-order valence-electron chi connectivity index (χ2n) is 27.1. The van der Waals surface area contributed by atoms with E-state index in [2.05, 4.69) is 58.9 Å². The van der Waals surface area contributed by atoms with Gasteiger partial charge in [0, 0.05) is 94.6 Å². The number of phenolic OH excluding ortho intramolecular Hbond substituents is 2. The van der Waals surface area contributed by atoms with E-state index in [0.29, 0.717) is 33.0 Å². The van der Waals surface area contributed by atoms with E-state index in [4.69, 9.17) is 49.0 Å². The molecule has 2 fully saturated rings. The van der Waals surface area contributed by atoms with Crippen LogP contribution in [0.2, 0.25) is 0 Å². The Bertz CT molecular complexity index is 6720. The number of hydrogen-bond acceptors (Lipinski definition) is 34. The van der Waals surface area contributed by atoms with Crippen molar-refractivity contribution < 1.29 is 162 Å². The number of carboxylic acid groups (broad SMARTS) is 2. The molecular formula is C70H66N14O36P4. The van der Waals surface area contributed by atoms with Crippen molar-refractivity contribution >= 4 is 123 Å². The summed E-state index contributed by atoms with van der Waals surface area (Å²) in [6.45, 7) is -3.23. The van der Waals surface area contributed by atoms with Crippen LogP contribution >= 0.6 is 31.3 Å². The number of fused-ring (bicyclic) bond motifs is 6. The molecule has 6 aliphatic rings. The first kappa shape index (κ1) is 88.7. The van der Waals surface area contributed by atoms with Crippen molar-refractivity contribution in [1.82, 2.24) is 50.3 Å². The fraction of sp³-hybridized carbons (Fsp3) is 0.229. The first-order chi connectivity index (χ1) is 58.4. The predicted octanol–water partition coefficient (Wildman–Crippen LogP) is -0.419. The van der Waals surface area contributed by atoms with Gasteiger partial charge in [-0.05, 0) is 96.1 Å². The lowest BCUT2D eigenvalue weighted by molar-refractivity contribution is -0.746. The van der Waals surface area contributed by atoms with E-state index in [-0.39, 0.29) is 128 Å². The van der Waals surface area contributed by atoms with Crippen molar-refractivity contribution in [2.75, 3.05) is 50.9 Å². The summed E-state index contributed by atoms with van der Waals surface area (Å²) in [5.74, 6) is -4.86. The highest BCUT2D eigenvalue weighted by Crippen LogP contribution is 2.57. The van der Waals surface area contributed by atoms with Crippen LogP contribution in [0.4, 0.5) is 21.5 Å². The molecule has 0 saturated carbocycles. The quantitative estimate of drug-likeness (QED) is 0.0142. The van der Waals surface area contributed by atoms with Gasteiger partial charge < -0.3 is 121 Å². The highest BCUT2D eigenvalue weighted by atomic mass is 31.3. The zero-order valence-corrected chi connectivity index (χ0v) is 66.7. The first-order valence-corrected chi connectivity index (χ1v) is 41.6. The molecule has 4 aromatic heterocycles. The average Bonchev–Trinajstić information content (AvgIpc) is 0.981. The number of ether oxygens (including phenoxy) is 4. The Kier molecular flexibility index (Phi) is 25.1. The minimum Gasteiger partial charge on any atom is -0.756 e. The van der Waals surface area contributed by atoms with Gasteiger partial charge in [-0.3, -0.25) is 66.0 Å². The van der Waals surface area contributed by atoms with Gasteiger partial charge in [-0.2, -0.15) is 0 Å². The molecule has 0 spiro atoms. The van der Waals surface area contributed by atoms with E-state index in [0.717, 1.165) is 9.13 Å². The average molecular weight is 1800 g/mol. The highest BCUT2D eigenvalue weighted by molar-refractivity contribution is 7.60. The molecule has 14 rings (SSSR count). The molecule has 4 unspecified atom stereocenters. The van der Waals surface area contributed by atoms with Gasteiger partial charge in [0.1, 0.15) is 52.5 Å². The summed E-state index contributed by atoms with van der Waals surface area (Å²) in [5.41, 5.74) is 10.3. The number of carbonyl (C=O) groups excluding carboxylic acids is 4. The van der Waals surface area contributed by atoms with Crippen molar-refractivity contribution in [3.8, 4) is 56.4 Å². The number of phosphoric acid groups is 4. The number of aliphatic hydroxyl groups excluding tert-OH is 2. The number of rotatable bonds is 26. The van der Waals surface area contributed by atoms with Gasteiger partial charge in [0.05, 0.1) is 38.4 Å². The number of aromatic nitrogens is 8. The van der Waals surface area contributed by atoms with Gasteiger partial charge in [0.2, 0.25) is 23.5 Å². The van der Waals surface area contributed by atoms with Gasteiger partial charge in [0.25, 0.3) is 50.5 Å². The summed E-state index contributed by atoms with van der Waals surface area (Å²) in [7, 11) is -19.7. The lowest BCUT2D eigenvalue weighted by Crippen LogP contribution is -2.49. The lowest BCUT2D eigenvalue weighted by atomic mass is 9.89. The monoisotopic (exact) mass is 1800 g/mol. The number of nitrogens with zero attached hydrogens (tertiary/aromatic N) is 6. The van der Waals surface area contributed by atoms with Crippen molar-refractivity contribution in [1.29, 1.82) is 0 Å². The van der Waals surface area contributed by atoms with E-state index in [1.54, 1.807) is 0 Å². The number of nitrogen functional groups attached to an aromatic ring is 2. The van der Waals surface area contributed by atoms with Crippen molar-refractivity contribution in [3.63, 3.8) is 0 Å². The zero-order valence-electron chi connectivity index (χ0n) is 63.1. The molecule has 652 valence electrons. The Hall–Kier alpha value is -13.1. The van der Waals surface area contributed by atoms with Crippen LogP contribution in [0.25, 0.3) is 89.2 Å². The zero-order chi connectivity index (χ0) is 89.7. The SMILES string of the molecule is Cn1c[n+]([C@@H]2O[C@H](COP(=O)(O)OP(=O)([O-])O)[C@@H](O)[C@H]2OC(=O)NCCNC(=O)c2ccc(C(=O)O)c(-c3c4ccc(=O)cc-4oc4cc(O)ccc34)c2)c2nc(N)[nH]c(=O)c21.Cn1c[n+]([C@@H]2O[C@H](COP(=O)(O)OP(=O)([O-])O)[C@@H](OC(=O)NCCNC(=O)c3ccc(C(=O)O)c(-c4c5ccc(=O)cc-5oc5cc(O)ccc45)c3)[C@H]2O)c2nc(N)[nH]c(=O)c21. The molecule has 54 heteroatoms. The maximum atomic E-state index is 13.4. The van der Waals surface area contributed by atoms with Crippen LogP contribution in [0, 0.1) is 0 Å². The molecule has 50 nitrogen and oxygen atoms in total. The number of hydrogen-bond donors (Lipinski definition) is 18. The number of carbonyl (C=O) groups is 6. The molecule has 4 amide bonds. The van der Waals surface area contributed by atoms with Crippen LogP contribution in [-0.2, 0) is 69.0 Å². The van der Waals surface area contributed by atoms with E-state index in [1.165, 1.54) is 145 Å². The number of carboxylic acids is 2. The third-order valence-corrected chi connectivity index (χ3v) is 23.0. The van der Waals surface area contributed by atoms with Gasteiger partial charge >= 0.3 is 51.1 Å². The Morgan fingerprint density at radius 2 is 0.927 bits per heavy atom. The normalized spacial score (nSPS) is 19.6. The van der Waals surface area contributed by atoms with Crippen LogP contribution in [0.5, 0.6) is 11.5 Å². The van der Waals surface area contributed by atoms with Crippen LogP contribution < -0.4 is 73.6 Å². The minimum atomic E-state index is -5.79. The molecule has 4 aliphatic heterocycles. The Morgan fingerprint density at radius 1 is 0.524 bits per heavy atom. The van der Waals surface area contributed by atoms with E-state index in [9.17, 15) is 116 Å². The largest absolute Gasteiger partial charge is 0.756 e. The minimum absolute atomic E-state index is 0.00806. The number of aromatic carboxylic acids is 2. The molecule has 12 atom stereocenters. The summed E-state index contributed by atoms with van der Waals surface area (Å²) in [6, 6.07) is 23.7. The second-order valence-corrected chi connectivity index (χ2v) is 32.7. The van der Waals surface area contributed by atoms with E-state index < -0.39 is 151 Å². The van der Waals surface area contributed by atoms with Crippen molar-refractivity contribution in [2.24, 2.45) is 14.1 Å². The van der Waals surface area contributed by atoms with Gasteiger partial charge in [-0.1, -0.05) is 9.97 Å². The maximum Gasteiger partial charge on any atom is 0.478 e.